The van der Waals surface area contributed by atoms with Crippen molar-refractivity contribution in [1.82, 2.24) is 5.32 Å². The molecule has 3 N–H and O–H groups in total. The lowest BCUT2D eigenvalue weighted by atomic mass is 9.82. The largest absolute Gasteiger partial charge is 0.508 e. The minimum atomic E-state index is -0.172. The molecule has 1 unspecified atom stereocenters. The summed E-state index contributed by atoms with van der Waals surface area (Å²) < 4.78 is 0. The highest BCUT2D eigenvalue weighted by Gasteiger charge is 2.25. The van der Waals surface area contributed by atoms with Crippen molar-refractivity contribution in [2.45, 2.75) is 51.5 Å². The van der Waals surface area contributed by atoms with Crippen molar-refractivity contribution in [3.63, 3.8) is 0 Å². The van der Waals surface area contributed by atoms with Crippen LogP contribution in [0.1, 0.15) is 54.4 Å². The van der Waals surface area contributed by atoms with Gasteiger partial charge in [0, 0.05) is 18.2 Å². The Morgan fingerprint density at radius 3 is 2.67 bits per heavy atom. The lowest BCUT2D eigenvalue weighted by Crippen LogP contribution is -2.41. The fraction of sp³-hybridized carbons (Fsp3) is 0.588. The third-order valence-corrected chi connectivity index (χ3v) is 4.45. The van der Waals surface area contributed by atoms with Crippen molar-refractivity contribution >= 4 is 5.91 Å². The number of hydrogen-bond acceptors (Lipinski definition) is 3. The molecular formula is C17H25NO3. The first-order chi connectivity index (χ1) is 10.1. The van der Waals surface area contributed by atoms with E-state index in [4.69, 9.17) is 0 Å². The van der Waals surface area contributed by atoms with Crippen LogP contribution in [0.3, 0.4) is 0 Å². The summed E-state index contributed by atoms with van der Waals surface area (Å²) in [5.74, 6) is 0.419. The molecule has 0 radical (unpaired) electrons. The fourth-order valence-corrected chi connectivity index (χ4v) is 3.10. The summed E-state index contributed by atoms with van der Waals surface area (Å²) in [4.78, 5) is 12.3. The van der Waals surface area contributed by atoms with E-state index in [1.165, 1.54) is 25.3 Å². The van der Waals surface area contributed by atoms with Gasteiger partial charge in [0.05, 0.1) is 0 Å². The predicted molar refractivity (Wildman–Crippen MR) is 82.4 cm³/mol. The number of aromatic hydroxyl groups is 1. The molecule has 0 saturated heterocycles. The molecule has 1 aliphatic rings. The summed E-state index contributed by atoms with van der Waals surface area (Å²) in [6.45, 7) is 1.88. The molecule has 0 aliphatic heterocycles. The number of carbonyl (C=O) groups is 1. The number of aliphatic hydroxyl groups excluding tert-OH is 1. The highest BCUT2D eigenvalue weighted by Crippen LogP contribution is 2.28. The summed E-state index contributed by atoms with van der Waals surface area (Å²) in [6.07, 6.45) is 6.49. The second kappa shape index (κ2) is 7.46. The Labute approximate surface area is 126 Å². The maximum Gasteiger partial charge on any atom is 0.251 e. The Bertz CT molecular complexity index is 481. The molecule has 0 heterocycles. The molecule has 1 aromatic carbocycles. The first-order valence-electron chi connectivity index (χ1n) is 7.83. The van der Waals surface area contributed by atoms with Gasteiger partial charge in [-0.05, 0) is 49.8 Å². The Morgan fingerprint density at radius 1 is 1.33 bits per heavy atom. The van der Waals surface area contributed by atoms with Crippen LogP contribution in [-0.2, 0) is 0 Å². The molecule has 1 amide bonds. The zero-order valence-electron chi connectivity index (χ0n) is 12.6. The normalized spacial score (nSPS) is 17.4. The van der Waals surface area contributed by atoms with E-state index in [1.54, 1.807) is 19.1 Å². The van der Waals surface area contributed by atoms with E-state index < -0.39 is 0 Å². The summed E-state index contributed by atoms with van der Waals surface area (Å²) in [7, 11) is 0. The second-order valence-electron chi connectivity index (χ2n) is 5.99. The van der Waals surface area contributed by atoms with Crippen molar-refractivity contribution in [3.05, 3.63) is 29.3 Å². The molecule has 4 heteroatoms. The topological polar surface area (TPSA) is 69.6 Å². The van der Waals surface area contributed by atoms with Crippen LogP contribution in [0.5, 0.6) is 5.75 Å². The molecule has 0 spiro atoms. The van der Waals surface area contributed by atoms with Gasteiger partial charge < -0.3 is 15.5 Å². The minimum absolute atomic E-state index is 0.0197. The van der Waals surface area contributed by atoms with Gasteiger partial charge in [0.1, 0.15) is 5.75 Å². The maximum absolute atomic E-state index is 12.3. The molecule has 2 rings (SSSR count). The molecular weight excluding hydrogens is 266 g/mol. The highest BCUT2D eigenvalue weighted by molar-refractivity contribution is 5.94. The van der Waals surface area contributed by atoms with Crippen LogP contribution in [0, 0.1) is 12.8 Å². The number of nitrogens with one attached hydrogen (secondary N) is 1. The van der Waals surface area contributed by atoms with E-state index in [0.29, 0.717) is 17.9 Å². The number of carbonyl (C=O) groups excluding carboxylic acids is 1. The quantitative estimate of drug-likeness (QED) is 0.781. The van der Waals surface area contributed by atoms with Gasteiger partial charge in [-0.15, -0.1) is 0 Å². The van der Waals surface area contributed by atoms with Crippen molar-refractivity contribution in [3.8, 4) is 5.75 Å². The molecule has 4 nitrogen and oxygen atoms in total. The second-order valence-corrected chi connectivity index (χ2v) is 5.99. The average Bonchev–Trinajstić information content (AvgIpc) is 2.50. The number of amides is 1. The number of aryl methyl sites for hydroxylation is 1. The third-order valence-electron chi connectivity index (χ3n) is 4.45. The van der Waals surface area contributed by atoms with E-state index in [9.17, 15) is 15.0 Å². The summed E-state index contributed by atoms with van der Waals surface area (Å²) in [5, 5.41) is 22.0. The Balaban J connectivity index is 2.04. The molecule has 0 bridgehead atoms. The van der Waals surface area contributed by atoms with E-state index >= 15 is 0 Å². The van der Waals surface area contributed by atoms with Crippen LogP contribution in [0.25, 0.3) is 0 Å². The van der Waals surface area contributed by atoms with Gasteiger partial charge >= 0.3 is 0 Å². The SMILES string of the molecule is Cc1ccc(C(=O)NC(CCO)C2CCCCC2)cc1O. The van der Waals surface area contributed by atoms with Crippen molar-refractivity contribution in [2.75, 3.05) is 6.61 Å². The zero-order valence-corrected chi connectivity index (χ0v) is 12.6. The third kappa shape index (κ3) is 4.21. The molecule has 1 aliphatic carbocycles. The molecule has 21 heavy (non-hydrogen) atoms. The summed E-state index contributed by atoms with van der Waals surface area (Å²) in [5.41, 5.74) is 1.22. The smallest absolute Gasteiger partial charge is 0.251 e. The van der Waals surface area contributed by atoms with Crippen molar-refractivity contribution < 1.29 is 15.0 Å². The van der Waals surface area contributed by atoms with Gasteiger partial charge in [0.25, 0.3) is 5.91 Å². The molecule has 1 fully saturated rings. The van der Waals surface area contributed by atoms with Crippen LogP contribution >= 0.6 is 0 Å². The van der Waals surface area contributed by atoms with E-state index in [-0.39, 0.29) is 24.3 Å². The molecule has 1 atom stereocenters. The molecule has 0 aromatic heterocycles. The zero-order chi connectivity index (χ0) is 15.2. The van der Waals surface area contributed by atoms with Gasteiger partial charge in [-0.25, -0.2) is 0 Å². The monoisotopic (exact) mass is 291 g/mol. The lowest BCUT2D eigenvalue weighted by molar-refractivity contribution is 0.0899. The van der Waals surface area contributed by atoms with E-state index in [0.717, 1.165) is 18.4 Å². The number of phenolic OH excluding ortho intramolecular Hbond substituents is 1. The van der Waals surface area contributed by atoms with Crippen LogP contribution in [-0.4, -0.2) is 28.8 Å². The predicted octanol–water partition coefficient (Wildman–Crippen LogP) is 2.76. The van der Waals surface area contributed by atoms with Gasteiger partial charge in [-0.2, -0.15) is 0 Å². The lowest BCUT2D eigenvalue weighted by Gasteiger charge is -2.30. The minimum Gasteiger partial charge on any atom is -0.508 e. The number of hydrogen-bond donors (Lipinski definition) is 3. The van der Waals surface area contributed by atoms with Crippen molar-refractivity contribution in [1.29, 1.82) is 0 Å². The molecule has 1 aromatic rings. The van der Waals surface area contributed by atoms with E-state index in [1.807, 2.05) is 0 Å². The standard InChI is InChI=1S/C17H25NO3/c1-12-7-8-14(11-16(12)20)17(21)18-15(9-10-19)13-5-3-2-4-6-13/h7-8,11,13,15,19-20H,2-6,9-10H2,1H3,(H,18,21). The van der Waals surface area contributed by atoms with Gasteiger partial charge in [0.2, 0.25) is 0 Å². The number of benzene rings is 1. The average molecular weight is 291 g/mol. The van der Waals surface area contributed by atoms with Gasteiger partial charge in [-0.1, -0.05) is 25.3 Å². The Morgan fingerprint density at radius 2 is 2.05 bits per heavy atom. The van der Waals surface area contributed by atoms with Crippen molar-refractivity contribution in [2.24, 2.45) is 5.92 Å². The maximum atomic E-state index is 12.3. The van der Waals surface area contributed by atoms with Gasteiger partial charge in [-0.3, -0.25) is 4.79 Å². The van der Waals surface area contributed by atoms with Gasteiger partial charge in [0.15, 0.2) is 0 Å². The van der Waals surface area contributed by atoms with Crippen LogP contribution < -0.4 is 5.32 Å². The molecule has 1 saturated carbocycles. The highest BCUT2D eigenvalue weighted by atomic mass is 16.3. The molecule has 116 valence electrons. The van der Waals surface area contributed by atoms with Crippen LogP contribution in [0.4, 0.5) is 0 Å². The Hall–Kier alpha value is -1.55. The number of aliphatic hydroxyl groups is 1. The fourth-order valence-electron chi connectivity index (χ4n) is 3.10. The number of rotatable bonds is 5. The van der Waals surface area contributed by atoms with Crippen LogP contribution in [0.15, 0.2) is 18.2 Å². The Kier molecular flexibility index (Phi) is 5.62. The van der Waals surface area contributed by atoms with E-state index in [2.05, 4.69) is 5.32 Å². The summed E-state index contributed by atoms with van der Waals surface area (Å²) >= 11 is 0. The first-order valence-corrected chi connectivity index (χ1v) is 7.83. The number of phenols is 1. The first kappa shape index (κ1) is 15.8. The summed E-state index contributed by atoms with van der Waals surface area (Å²) in [6, 6.07) is 4.99. The van der Waals surface area contributed by atoms with Crippen LogP contribution in [0.2, 0.25) is 0 Å².